The van der Waals surface area contributed by atoms with Crippen LogP contribution in [0.3, 0.4) is 0 Å². The number of hydrogen-bond donors (Lipinski definition) is 15. The minimum atomic E-state index is -2.56. The smallest absolute Gasteiger partial charge is 0.336 e. The van der Waals surface area contributed by atoms with Crippen molar-refractivity contribution < 1.29 is 78.6 Å². The Hall–Kier alpha value is -5.50. The lowest BCUT2D eigenvalue weighted by Gasteiger charge is -2.31. The molecule has 0 aromatic rings. The quantitative estimate of drug-likeness (QED) is 0.0813. The van der Waals surface area contributed by atoms with Crippen molar-refractivity contribution in [2.24, 2.45) is 17.6 Å². The summed E-state index contributed by atoms with van der Waals surface area (Å²) in [6.45, 7) is 6.17. The number of carbonyl (C=O) groups excluding carboxylic acids is 9. The number of hydrogen-bond acceptors (Lipinski definition) is 15. The van der Waals surface area contributed by atoms with Gasteiger partial charge in [0.15, 0.2) is 6.10 Å². The molecule has 0 aliphatic carbocycles. The van der Waals surface area contributed by atoms with Crippen LogP contribution in [-0.2, 0) is 47.9 Å². The summed E-state index contributed by atoms with van der Waals surface area (Å²) in [5.74, 6) is -15.3. The van der Waals surface area contributed by atoms with Crippen molar-refractivity contribution >= 4 is 59.1 Å². The zero-order valence-electron chi connectivity index (χ0n) is 32.0. The molecule has 1 rings (SSSR count). The van der Waals surface area contributed by atoms with Gasteiger partial charge in [-0.05, 0) is 25.7 Å². The maximum Gasteiger partial charge on any atom is 0.336 e. The number of nitrogens with two attached hydrogens (primary N) is 1. The van der Waals surface area contributed by atoms with Gasteiger partial charge < -0.3 is 78.9 Å². The Morgan fingerprint density at radius 2 is 1.04 bits per heavy atom. The van der Waals surface area contributed by atoms with Gasteiger partial charge >= 0.3 is 5.97 Å². The lowest BCUT2D eigenvalue weighted by Crippen LogP contribution is -2.66. The van der Waals surface area contributed by atoms with E-state index in [2.05, 4.69) is 16.0 Å². The number of primary amides is 1. The molecule has 0 radical (unpaired) electrons. The summed E-state index contributed by atoms with van der Waals surface area (Å²) in [5.41, 5.74) is 5.06. The van der Waals surface area contributed by atoms with Crippen LogP contribution in [0, 0.1) is 11.8 Å². The largest absolute Gasteiger partial charge is 0.479 e. The van der Waals surface area contributed by atoms with Crippen LogP contribution in [0.5, 0.6) is 0 Å². The first-order valence-electron chi connectivity index (χ1n) is 17.6. The minimum Gasteiger partial charge on any atom is -0.479 e. The first-order chi connectivity index (χ1) is 26.3. The summed E-state index contributed by atoms with van der Waals surface area (Å²) in [4.78, 5) is 130. The van der Waals surface area contributed by atoms with Gasteiger partial charge in [0, 0.05) is 13.0 Å². The summed E-state index contributed by atoms with van der Waals surface area (Å²) in [5, 5.41) is 78.0. The number of carbonyl (C=O) groups is 10. The van der Waals surface area contributed by atoms with E-state index in [0.717, 1.165) is 13.8 Å². The van der Waals surface area contributed by atoms with Crippen molar-refractivity contribution in [2.45, 2.75) is 115 Å². The summed E-state index contributed by atoms with van der Waals surface area (Å²) in [6.07, 6.45) is -8.90. The highest BCUT2D eigenvalue weighted by Gasteiger charge is 2.42. The second-order valence-corrected chi connectivity index (χ2v) is 14.0. The molecule has 9 amide bonds. The minimum absolute atomic E-state index is 0.0563. The van der Waals surface area contributed by atoms with Crippen LogP contribution in [-0.4, -0.2) is 170 Å². The average molecular weight is 820 g/mol. The predicted octanol–water partition coefficient (Wildman–Crippen LogP) is -8.74. The second-order valence-electron chi connectivity index (χ2n) is 14.0. The highest BCUT2D eigenvalue weighted by Crippen LogP contribution is 2.09. The Balaban J connectivity index is 3.93. The van der Waals surface area contributed by atoms with E-state index in [1.54, 1.807) is 19.2 Å². The number of aliphatic carboxylic acids is 1. The van der Waals surface area contributed by atoms with Crippen LogP contribution >= 0.6 is 0 Å². The first-order valence-corrected chi connectivity index (χ1v) is 17.6. The monoisotopic (exact) mass is 819 g/mol. The maximum absolute atomic E-state index is 13.6. The van der Waals surface area contributed by atoms with Gasteiger partial charge in [0.25, 0.3) is 5.91 Å². The van der Waals surface area contributed by atoms with E-state index in [1.165, 1.54) is 13.8 Å². The fourth-order valence-electron chi connectivity index (χ4n) is 5.05. The topological polar surface area (TPSA) is 414 Å². The third kappa shape index (κ3) is 14.8. The van der Waals surface area contributed by atoms with E-state index in [4.69, 9.17) is 5.73 Å². The van der Waals surface area contributed by atoms with Gasteiger partial charge in [0.1, 0.15) is 42.4 Å². The van der Waals surface area contributed by atoms with E-state index in [0.29, 0.717) is 0 Å². The van der Waals surface area contributed by atoms with Crippen molar-refractivity contribution in [3.8, 4) is 0 Å². The molecule has 11 atom stereocenters. The van der Waals surface area contributed by atoms with E-state index in [1.807, 2.05) is 21.3 Å². The molecule has 1 saturated heterocycles. The van der Waals surface area contributed by atoms with Crippen LogP contribution in [0.2, 0.25) is 0 Å². The molecule has 0 aromatic heterocycles. The number of carboxylic acid groups (broad SMARTS) is 1. The van der Waals surface area contributed by atoms with Gasteiger partial charge in [-0.2, -0.15) is 0 Å². The lowest BCUT2D eigenvalue weighted by atomic mass is 9.99. The van der Waals surface area contributed by atoms with Crippen LogP contribution in [0.15, 0.2) is 0 Å². The average Bonchev–Trinajstić information content (AvgIpc) is 3.10. The predicted molar refractivity (Wildman–Crippen MR) is 190 cm³/mol. The zero-order valence-corrected chi connectivity index (χ0v) is 32.0. The SMILES string of the molecule is CC(C)CC(=O)NC[C@@H]1NC(=O)C(C(=O)O)NC(=O)[C@H](C(C)O)NC(=O)[C@H]([C@@H](C)O)NC(=O)[C@H](C(O)C(O)C(N)=O)NC(=O)[C@H](C(C)C)NC(=O)[C@H](CO)NC1=O. The van der Waals surface area contributed by atoms with Gasteiger partial charge in [0.05, 0.1) is 18.8 Å². The van der Waals surface area contributed by atoms with E-state index in [9.17, 15) is 78.6 Å². The Labute approximate surface area is 325 Å². The number of rotatable bonds is 12. The zero-order chi connectivity index (χ0) is 44.1. The van der Waals surface area contributed by atoms with E-state index < -0.39 is 145 Å². The van der Waals surface area contributed by atoms with Gasteiger partial charge in [-0.3, -0.25) is 43.2 Å². The lowest BCUT2D eigenvalue weighted by molar-refractivity contribution is -0.148. The molecule has 16 N–H and O–H groups in total. The van der Waals surface area contributed by atoms with Crippen LogP contribution in [0.4, 0.5) is 0 Å². The Bertz CT molecular complexity index is 1520. The molecule has 0 spiro atoms. The summed E-state index contributed by atoms with van der Waals surface area (Å²) in [6, 6.07) is -14.7. The van der Waals surface area contributed by atoms with Gasteiger partial charge in [-0.1, -0.05) is 27.7 Å². The molecule has 1 aliphatic heterocycles. The van der Waals surface area contributed by atoms with Crippen molar-refractivity contribution in [1.29, 1.82) is 0 Å². The molecule has 0 saturated carbocycles. The van der Waals surface area contributed by atoms with Crippen molar-refractivity contribution in [3.05, 3.63) is 0 Å². The molecule has 1 aliphatic rings. The third-order valence-electron chi connectivity index (χ3n) is 8.25. The Kier molecular flexibility index (Phi) is 19.4. The molecule has 1 fully saturated rings. The molecule has 0 bridgehead atoms. The first kappa shape index (κ1) is 49.5. The summed E-state index contributed by atoms with van der Waals surface area (Å²) in [7, 11) is 0. The van der Waals surface area contributed by atoms with Crippen LogP contribution in [0.1, 0.15) is 48.0 Å². The molecule has 25 nitrogen and oxygen atoms in total. The number of aliphatic hydroxyl groups excluding tert-OH is 5. The summed E-state index contributed by atoms with van der Waals surface area (Å²) < 4.78 is 0. The highest BCUT2D eigenvalue weighted by atomic mass is 16.4. The third-order valence-corrected chi connectivity index (χ3v) is 8.25. The number of aliphatic hydroxyl groups is 5. The van der Waals surface area contributed by atoms with Gasteiger partial charge in [-0.15, -0.1) is 0 Å². The fraction of sp³-hybridized carbons (Fsp3) is 0.688. The van der Waals surface area contributed by atoms with Gasteiger partial charge in [0.2, 0.25) is 53.3 Å². The summed E-state index contributed by atoms with van der Waals surface area (Å²) >= 11 is 0. The molecule has 4 unspecified atom stereocenters. The van der Waals surface area contributed by atoms with Crippen molar-refractivity contribution in [2.75, 3.05) is 13.2 Å². The standard InChI is InChI=1S/C32H53N9O16/c1-10(2)7-16(45)34-8-14-25(49)36-15(9-42)26(50)37-17(11(3)4)27(51)40-20(22(46)23(47)24(33)48)30(54)39-18(12(5)43)28(52)38-19(13(6)44)29(53)41-21(32(56)57)31(55)35-14/h10-15,17-23,42-44,46-47H,7-9H2,1-6H3,(H2,33,48)(H,34,45)(H,35,55)(H,36,49)(H,37,50)(H,38,52)(H,39,54)(H,40,51)(H,41,53)(H,56,57)/t12-,13?,14+,15+,17+,18+,19+,20+,21?,22?,23?/m1/s1. The van der Waals surface area contributed by atoms with Crippen molar-refractivity contribution in [1.82, 2.24) is 42.5 Å². The van der Waals surface area contributed by atoms with E-state index >= 15 is 0 Å². The Morgan fingerprint density at radius 1 is 0.614 bits per heavy atom. The second kappa shape index (κ2) is 22.3. The normalized spacial score (nSPS) is 27.1. The fourth-order valence-corrected chi connectivity index (χ4v) is 5.05. The molecular formula is C32H53N9O16. The molecule has 0 aromatic carbocycles. The molecule has 57 heavy (non-hydrogen) atoms. The maximum atomic E-state index is 13.6. The highest BCUT2D eigenvalue weighted by molar-refractivity contribution is 6.06. The molecule has 1 heterocycles. The molecular weight excluding hydrogens is 766 g/mol. The van der Waals surface area contributed by atoms with Crippen molar-refractivity contribution in [3.63, 3.8) is 0 Å². The molecule has 322 valence electrons. The molecule has 25 heteroatoms. The van der Waals surface area contributed by atoms with Crippen LogP contribution in [0.25, 0.3) is 0 Å². The van der Waals surface area contributed by atoms with Gasteiger partial charge in [-0.25, -0.2) is 4.79 Å². The number of amides is 9. The number of nitrogens with one attached hydrogen (secondary N) is 8. The Morgan fingerprint density at radius 3 is 1.47 bits per heavy atom. The number of carboxylic acids is 1. The van der Waals surface area contributed by atoms with E-state index in [-0.39, 0.29) is 12.3 Å². The van der Waals surface area contributed by atoms with Crippen LogP contribution < -0.4 is 48.3 Å².